The van der Waals surface area contributed by atoms with Crippen LogP contribution in [0.5, 0.6) is 5.75 Å². The molecule has 0 spiro atoms. The van der Waals surface area contributed by atoms with Crippen LogP contribution >= 0.6 is 34.8 Å². The Balaban J connectivity index is 1.41. The molecule has 1 heterocycles. The molecule has 4 rings (SSSR count). The average Bonchev–Trinajstić information content (AvgIpc) is 2.83. The maximum atomic E-state index is 10.3. The Morgan fingerprint density at radius 2 is 1.67 bits per heavy atom. The van der Waals surface area contributed by atoms with Crippen LogP contribution in [0.1, 0.15) is 5.56 Å². The fourth-order valence-electron chi connectivity index (χ4n) is 3.13. The monoisotopic (exact) mass is 502 g/mol. The summed E-state index contributed by atoms with van der Waals surface area (Å²) in [6, 6.07) is 20.4. The first-order valence-corrected chi connectivity index (χ1v) is 11.4. The summed E-state index contributed by atoms with van der Waals surface area (Å²) < 4.78 is 5.59. The number of anilines is 2. The number of aromatic nitrogens is 2. The van der Waals surface area contributed by atoms with E-state index in [0.717, 1.165) is 16.5 Å². The molecule has 1 atom stereocenters. The lowest BCUT2D eigenvalue weighted by atomic mass is 10.2. The molecule has 33 heavy (non-hydrogen) atoms. The highest BCUT2D eigenvalue weighted by atomic mass is 35.5. The number of hydrogen-bond acceptors (Lipinski definition) is 6. The van der Waals surface area contributed by atoms with Crippen molar-refractivity contribution in [1.29, 1.82) is 0 Å². The Morgan fingerprint density at radius 3 is 2.48 bits per heavy atom. The van der Waals surface area contributed by atoms with E-state index in [0.29, 0.717) is 39.1 Å². The van der Waals surface area contributed by atoms with Crippen LogP contribution in [0, 0.1) is 0 Å². The number of aliphatic hydroxyl groups excluding tert-OH is 1. The van der Waals surface area contributed by atoms with Gasteiger partial charge in [-0.25, -0.2) is 4.98 Å². The number of hydrogen-bond donors (Lipinski definition) is 3. The van der Waals surface area contributed by atoms with Gasteiger partial charge in [0, 0.05) is 23.5 Å². The third-order valence-electron chi connectivity index (χ3n) is 4.82. The standard InChI is InChI=1S/C24H21Cl3N4O2/c25-16-10-8-15(9-11-16)12-28-23-18-4-1-2-6-20(18)30-24(31-23)29-13-17(32)14-33-21-7-3-5-19(26)22(21)27/h1-11,17,32H,12-14H2,(H2,28,29,30,31). The molecule has 4 aromatic rings. The first-order valence-electron chi connectivity index (χ1n) is 10.2. The van der Waals surface area contributed by atoms with Gasteiger partial charge in [0.1, 0.15) is 29.3 Å². The summed E-state index contributed by atoms with van der Waals surface area (Å²) in [5, 5.41) is 19.1. The fraction of sp³-hybridized carbons (Fsp3) is 0.167. The lowest BCUT2D eigenvalue weighted by Gasteiger charge is -2.15. The molecule has 9 heteroatoms. The minimum Gasteiger partial charge on any atom is -0.489 e. The number of para-hydroxylation sites is 1. The zero-order valence-corrected chi connectivity index (χ0v) is 19.7. The molecule has 0 aliphatic rings. The van der Waals surface area contributed by atoms with E-state index in [2.05, 4.69) is 20.6 Å². The highest BCUT2D eigenvalue weighted by Crippen LogP contribution is 2.31. The average molecular weight is 504 g/mol. The van der Waals surface area contributed by atoms with Crippen molar-refractivity contribution in [3.63, 3.8) is 0 Å². The minimum atomic E-state index is -0.819. The normalized spacial score (nSPS) is 11.9. The molecule has 0 amide bonds. The minimum absolute atomic E-state index is 0.0301. The number of halogens is 3. The van der Waals surface area contributed by atoms with E-state index in [1.165, 1.54) is 0 Å². The summed E-state index contributed by atoms with van der Waals surface area (Å²) in [7, 11) is 0. The van der Waals surface area contributed by atoms with Gasteiger partial charge in [-0.1, -0.05) is 65.1 Å². The molecular formula is C24H21Cl3N4O2. The largest absolute Gasteiger partial charge is 0.489 e. The van der Waals surface area contributed by atoms with Crippen LogP contribution in [-0.2, 0) is 6.54 Å². The summed E-state index contributed by atoms with van der Waals surface area (Å²) in [5.74, 6) is 1.50. The Morgan fingerprint density at radius 1 is 0.879 bits per heavy atom. The van der Waals surface area contributed by atoms with Crippen molar-refractivity contribution >= 4 is 57.5 Å². The summed E-state index contributed by atoms with van der Waals surface area (Å²) in [6.07, 6.45) is -0.819. The topological polar surface area (TPSA) is 79.3 Å². The van der Waals surface area contributed by atoms with Crippen LogP contribution in [0.15, 0.2) is 66.7 Å². The highest BCUT2D eigenvalue weighted by Gasteiger charge is 2.12. The van der Waals surface area contributed by atoms with Gasteiger partial charge in [-0.15, -0.1) is 0 Å². The Bertz CT molecular complexity index is 1240. The third-order valence-corrected chi connectivity index (χ3v) is 5.87. The molecule has 0 bridgehead atoms. The maximum Gasteiger partial charge on any atom is 0.225 e. The van der Waals surface area contributed by atoms with Crippen LogP contribution < -0.4 is 15.4 Å². The summed E-state index contributed by atoms with van der Waals surface area (Å²) in [5.41, 5.74) is 1.86. The first kappa shape index (κ1) is 23.4. The van der Waals surface area contributed by atoms with Crippen molar-refractivity contribution in [2.24, 2.45) is 0 Å². The Labute approximate surface area is 206 Å². The highest BCUT2D eigenvalue weighted by molar-refractivity contribution is 6.42. The summed E-state index contributed by atoms with van der Waals surface area (Å²) >= 11 is 18.1. The van der Waals surface area contributed by atoms with Gasteiger partial charge in [0.2, 0.25) is 5.95 Å². The van der Waals surface area contributed by atoms with E-state index in [1.54, 1.807) is 18.2 Å². The van der Waals surface area contributed by atoms with Crippen molar-refractivity contribution in [2.75, 3.05) is 23.8 Å². The lowest BCUT2D eigenvalue weighted by Crippen LogP contribution is -2.27. The predicted octanol–water partition coefficient (Wildman–Crippen LogP) is 6.05. The fourth-order valence-corrected chi connectivity index (χ4v) is 3.60. The molecule has 1 unspecified atom stereocenters. The van der Waals surface area contributed by atoms with Gasteiger partial charge < -0.3 is 20.5 Å². The number of aliphatic hydroxyl groups is 1. The molecule has 3 N–H and O–H groups in total. The van der Waals surface area contributed by atoms with Gasteiger partial charge in [-0.3, -0.25) is 0 Å². The molecule has 3 aromatic carbocycles. The van der Waals surface area contributed by atoms with E-state index in [4.69, 9.17) is 39.5 Å². The molecule has 0 aliphatic carbocycles. The second kappa shape index (κ2) is 10.9. The van der Waals surface area contributed by atoms with Crippen LogP contribution in [0.2, 0.25) is 15.1 Å². The number of nitrogens with one attached hydrogen (secondary N) is 2. The molecule has 170 valence electrons. The van der Waals surface area contributed by atoms with Gasteiger partial charge in [-0.05, 0) is 42.0 Å². The molecular weight excluding hydrogens is 483 g/mol. The quantitative estimate of drug-likeness (QED) is 0.258. The lowest BCUT2D eigenvalue weighted by molar-refractivity contribution is 0.117. The SMILES string of the molecule is OC(CNc1nc(NCc2ccc(Cl)cc2)c2ccccc2n1)COc1cccc(Cl)c1Cl. The van der Waals surface area contributed by atoms with E-state index in [-0.39, 0.29) is 13.2 Å². The number of ether oxygens (including phenoxy) is 1. The zero-order chi connectivity index (χ0) is 23.2. The van der Waals surface area contributed by atoms with Crippen molar-refractivity contribution in [3.8, 4) is 5.75 Å². The molecule has 0 saturated heterocycles. The van der Waals surface area contributed by atoms with Gasteiger partial charge in [0.05, 0.1) is 10.5 Å². The van der Waals surface area contributed by atoms with Crippen LogP contribution in [0.3, 0.4) is 0 Å². The van der Waals surface area contributed by atoms with Crippen molar-refractivity contribution < 1.29 is 9.84 Å². The number of benzene rings is 3. The second-order valence-corrected chi connectivity index (χ2v) is 8.51. The smallest absolute Gasteiger partial charge is 0.225 e. The van der Waals surface area contributed by atoms with E-state index in [9.17, 15) is 5.11 Å². The van der Waals surface area contributed by atoms with Gasteiger partial charge in [-0.2, -0.15) is 4.98 Å². The van der Waals surface area contributed by atoms with E-state index in [1.807, 2.05) is 48.5 Å². The van der Waals surface area contributed by atoms with Crippen LogP contribution in [-0.4, -0.2) is 34.3 Å². The summed E-state index contributed by atoms with van der Waals surface area (Å²) in [4.78, 5) is 9.15. The number of rotatable bonds is 9. The van der Waals surface area contributed by atoms with Gasteiger partial charge in [0.25, 0.3) is 0 Å². The van der Waals surface area contributed by atoms with Crippen LogP contribution in [0.4, 0.5) is 11.8 Å². The second-order valence-electron chi connectivity index (χ2n) is 7.29. The third kappa shape index (κ3) is 6.18. The molecule has 0 saturated carbocycles. The molecule has 1 aromatic heterocycles. The first-order chi connectivity index (χ1) is 16.0. The van der Waals surface area contributed by atoms with Gasteiger partial charge in [0.15, 0.2) is 0 Å². The van der Waals surface area contributed by atoms with E-state index < -0.39 is 6.10 Å². The molecule has 0 fully saturated rings. The van der Waals surface area contributed by atoms with Crippen molar-refractivity contribution in [2.45, 2.75) is 12.6 Å². The van der Waals surface area contributed by atoms with E-state index >= 15 is 0 Å². The Hall–Kier alpha value is -2.77. The number of fused-ring (bicyclic) bond motifs is 1. The van der Waals surface area contributed by atoms with Crippen molar-refractivity contribution in [3.05, 3.63) is 87.4 Å². The maximum absolute atomic E-state index is 10.3. The Kier molecular flexibility index (Phi) is 7.73. The zero-order valence-electron chi connectivity index (χ0n) is 17.4. The predicted molar refractivity (Wildman–Crippen MR) is 135 cm³/mol. The number of nitrogens with zero attached hydrogens (tertiary/aromatic N) is 2. The van der Waals surface area contributed by atoms with Gasteiger partial charge >= 0.3 is 0 Å². The van der Waals surface area contributed by atoms with Crippen molar-refractivity contribution in [1.82, 2.24) is 9.97 Å². The molecule has 0 radical (unpaired) electrons. The molecule has 0 aliphatic heterocycles. The molecule has 6 nitrogen and oxygen atoms in total. The summed E-state index contributed by atoms with van der Waals surface area (Å²) in [6.45, 7) is 0.796. The van der Waals surface area contributed by atoms with Crippen LogP contribution in [0.25, 0.3) is 10.9 Å².